The number of piperidine rings is 1. The van der Waals surface area contributed by atoms with E-state index in [2.05, 4.69) is 5.10 Å². The molecule has 1 aliphatic carbocycles. The fraction of sp³-hybridized carbons (Fsp3) is 0.500. The number of para-hydroxylation sites is 1. The smallest absolute Gasteiger partial charge is 0.278 e. The predicted octanol–water partition coefficient (Wildman–Crippen LogP) is 3.34. The summed E-state index contributed by atoms with van der Waals surface area (Å²) in [5.41, 5.74) is 1.51. The number of ether oxygens (including phenoxy) is 1. The summed E-state index contributed by atoms with van der Waals surface area (Å²) in [7, 11) is 1.48. The first kappa shape index (κ1) is 18.7. The lowest BCUT2D eigenvalue weighted by molar-refractivity contribution is 0.0380. The van der Waals surface area contributed by atoms with Crippen LogP contribution in [0.15, 0.2) is 35.1 Å². The van der Waals surface area contributed by atoms with Gasteiger partial charge in [0.2, 0.25) is 0 Å². The maximum absolute atomic E-state index is 13.5. The molecule has 0 unspecified atom stereocenters. The Morgan fingerprint density at radius 3 is 2.68 bits per heavy atom. The summed E-state index contributed by atoms with van der Waals surface area (Å²) < 4.78 is 6.68. The third kappa shape index (κ3) is 3.32. The summed E-state index contributed by atoms with van der Waals surface area (Å²) in [4.78, 5) is 28.1. The zero-order valence-corrected chi connectivity index (χ0v) is 16.6. The molecule has 1 amide bonds. The van der Waals surface area contributed by atoms with Crippen LogP contribution in [0.1, 0.15) is 54.6 Å². The van der Waals surface area contributed by atoms with Crippen LogP contribution in [0.25, 0.3) is 5.69 Å². The number of hydrogen-bond donors (Lipinski definition) is 0. The van der Waals surface area contributed by atoms with Crippen molar-refractivity contribution in [1.82, 2.24) is 14.7 Å². The quantitative estimate of drug-likeness (QED) is 0.818. The zero-order chi connectivity index (χ0) is 19.7. The number of amides is 1. The number of likely N-dealkylation sites (tertiary alicyclic amines) is 1. The third-order valence-corrected chi connectivity index (χ3v) is 6.17. The van der Waals surface area contributed by atoms with Crippen molar-refractivity contribution in [1.29, 1.82) is 0 Å². The van der Waals surface area contributed by atoms with E-state index in [1.165, 1.54) is 37.1 Å². The number of carbonyl (C=O) groups is 1. The van der Waals surface area contributed by atoms with E-state index in [0.717, 1.165) is 31.4 Å². The average Bonchev–Trinajstić information content (AvgIpc) is 2.73. The van der Waals surface area contributed by atoms with Crippen LogP contribution >= 0.6 is 0 Å². The summed E-state index contributed by atoms with van der Waals surface area (Å²) in [6.07, 6.45) is 6.88. The van der Waals surface area contributed by atoms with Crippen LogP contribution in [0, 0.1) is 12.8 Å². The molecule has 6 nitrogen and oxygen atoms in total. The van der Waals surface area contributed by atoms with E-state index in [4.69, 9.17) is 4.74 Å². The van der Waals surface area contributed by atoms with Crippen molar-refractivity contribution in [3.05, 3.63) is 51.9 Å². The van der Waals surface area contributed by atoms with Crippen molar-refractivity contribution in [2.24, 2.45) is 5.92 Å². The standard InChI is InChI=1S/C22H27N3O3/c1-15-8-3-5-11-17(15)25-20(26)14-19(28-2)21(23-25)22(27)24-13-7-10-16-9-4-6-12-18(16)24/h3,5,8,11,14,16,18H,4,6-7,9-10,12-13H2,1-2H3/t16-,18+/m1/s1. The Balaban J connectivity index is 1.76. The molecule has 2 atom stereocenters. The van der Waals surface area contributed by atoms with E-state index < -0.39 is 0 Å². The van der Waals surface area contributed by atoms with Crippen molar-refractivity contribution in [2.45, 2.75) is 51.5 Å². The van der Waals surface area contributed by atoms with E-state index in [0.29, 0.717) is 11.6 Å². The molecule has 6 heteroatoms. The summed E-state index contributed by atoms with van der Waals surface area (Å²) in [6.45, 7) is 2.67. The molecule has 4 rings (SSSR count). The van der Waals surface area contributed by atoms with Gasteiger partial charge in [-0.2, -0.15) is 9.78 Å². The largest absolute Gasteiger partial charge is 0.494 e. The summed E-state index contributed by atoms with van der Waals surface area (Å²) in [5, 5.41) is 4.47. The first-order valence-electron chi connectivity index (χ1n) is 10.2. The van der Waals surface area contributed by atoms with Gasteiger partial charge in [-0.15, -0.1) is 0 Å². The van der Waals surface area contributed by atoms with E-state index in [1.807, 2.05) is 36.1 Å². The van der Waals surface area contributed by atoms with Crippen LogP contribution in [-0.2, 0) is 0 Å². The molecular weight excluding hydrogens is 354 g/mol. The van der Waals surface area contributed by atoms with Gasteiger partial charge in [-0.1, -0.05) is 31.0 Å². The lowest BCUT2D eigenvalue weighted by Crippen LogP contribution is -2.50. The van der Waals surface area contributed by atoms with Crippen LogP contribution in [0.4, 0.5) is 0 Å². The molecule has 0 radical (unpaired) electrons. The maximum Gasteiger partial charge on any atom is 0.278 e. The lowest BCUT2D eigenvalue weighted by Gasteiger charge is -2.44. The Morgan fingerprint density at radius 2 is 1.89 bits per heavy atom. The van der Waals surface area contributed by atoms with Crippen LogP contribution in [0.5, 0.6) is 5.75 Å². The summed E-state index contributed by atoms with van der Waals surface area (Å²) in [6, 6.07) is 9.18. The molecule has 2 heterocycles. The van der Waals surface area contributed by atoms with Gasteiger partial charge >= 0.3 is 0 Å². The molecule has 1 aromatic heterocycles. The zero-order valence-electron chi connectivity index (χ0n) is 16.6. The summed E-state index contributed by atoms with van der Waals surface area (Å²) >= 11 is 0. The molecule has 0 N–H and O–H groups in total. The number of fused-ring (bicyclic) bond motifs is 1. The Kier molecular flexibility index (Phi) is 5.20. The molecule has 2 fully saturated rings. The summed E-state index contributed by atoms with van der Waals surface area (Å²) in [5.74, 6) is 0.702. The molecular formula is C22H27N3O3. The van der Waals surface area contributed by atoms with Crippen molar-refractivity contribution in [3.63, 3.8) is 0 Å². The Morgan fingerprint density at radius 1 is 1.14 bits per heavy atom. The molecule has 28 heavy (non-hydrogen) atoms. The van der Waals surface area contributed by atoms with E-state index in [1.54, 1.807) is 0 Å². The minimum absolute atomic E-state index is 0.129. The van der Waals surface area contributed by atoms with Gasteiger partial charge < -0.3 is 9.64 Å². The first-order valence-corrected chi connectivity index (χ1v) is 10.2. The molecule has 1 saturated heterocycles. The third-order valence-electron chi connectivity index (χ3n) is 6.17. The normalized spacial score (nSPS) is 21.9. The monoisotopic (exact) mass is 381 g/mol. The van der Waals surface area contributed by atoms with Gasteiger partial charge in [-0.05, 0) is 50.2 Å². The van der Waals surface area contributed by atoms with Crippen LogP contribution in [0.3, 0.4) is 0 Å². The van der Waals surface area contributed by atoms with Gasteiger partial charge in [-0.3, -0.25) is 9.59 Å². The number of aryl methyl sites for hydroxylation is 1. The maximum atomic E-state index is 13.5. The Bertz CT molecular complexity index is 935. The highest BCUT2D eigenvalue weighted by Gasteiger charge is 2.37. The molecule has 1 saturated carbocycles. The molecule has 0 spiro atoms. The van der Waals surface area contributed by atoms with E-state index in [9.17, 15) is 9.59 Å². The van der Waals surface area contributed by atoms with Crippen molar-refractivity contribution < 1.29 is 9.53 Å². The van der Waals surface area contributed by atoms with Gasteiger partial charge in [0.25, 0.3) is 11.5 Å². The second kappa shape index (κ2) is 7.78. The first-order chi connectivity index (χ1) is 13.6. The number of aromatic nitrogens is 2. The van der Waals surface area contributed by atoms with Crippen molar-refractivity contribution in [3.8, 4) is 11.4 Å². The fourth-order valence-corrected chi connectivity index (χ4v) is 4.73. The number of rotatable bonds is 3. The highest BCUT2D eigenvalue weighted by atomic mass is 16.5. The minimum atomic E-state index is -0.308. The van der Waals surface area contributed by atoms with Gasteiger partial charge in [0.1, 0.15) is 0 Å². The van der Waals surface area contributed by atoms with Crippen molar-refractivity contribution in [2.75, 3.05) is 13.7 Å². The molecule has 2 aliphatic rings. The predicted molar refractivity (Wildman–Crippen MR) is 107 cm³/mol. The molecule has 1 aromatic carbocycles. The molecule has 1 aliphatic heterocycles. The highest BCUT2D eigenvalue weighted by Crippen LogP contribution is 2.36. The number of carbonyl (C=O) groups excluding carboxylic acids is 1. The Labute approximate surface area is 165 Å². The molecule has 0 bridgehead atoms. The second-order valence-corrected chi connectivity index (χ2v) is 7.85. The van der Waals surface area contributed by atoms with Crippen LogP contribution < -0.4 is 10.3 Å². The molecule has 2 aromatic rings. The minimum Gasteiger partial charge on any atom is -0.494 e. The fourth-order valence-electron chi connectivity index (χ4n) is 4.73. The number of nitrogens with zero attached hydrogens (tertiary/aromatic N) is 3. The van der Waals surface area contributed by atoms with Crippen LogP contribution in [-0.4, -0.2) is 40.3 Å². The topological polar surface area (TPSA) is 64.4 Å². The number of hydrogen-bond acceptors (Lipinski definition) is 4. The number of methoxy groups -OCH3 is 1. The SMILES string of the molecule is COc1cc(=O)n(-c2ccccc2C)nc1C(=O)N1CCC[C@H]2CCCC[C@@H]21. The van der Waals surface area contributed by atoms with Gasteiger partial charge in [-0.25, -0.2) is 0 Å². The van der Waals surface area contributed by atoms with Gasteiger partial charge in [0.05, 0.1) is 18.9 Å². The Hall–Kier alpha value is -2.63. The van der Waals surface area contributed by atoms with Gasteiger partial charge in [0.15, 0.2) is 11.4 Å². The van der Waals surface area contributed by atoms with Crippen LogP contribution in [0.2, 0.25) is 0 Å². The highest BCUT2D eigenvalue weighted by molar-refractivity contribution is 5.95. The number of benzene rings is 1. The average molecular weight is 381 g/mol. The molecule has 148 valence electrons. The van der Waals surface area contributed by atoms with Crippen molar-refractivity contribution >= 4 is 5.91 Å². The van der Waals surface area contributed by atoms with E-state index >= 15 is 0 Å². The van der Waals surface area contributed by atoms with Gasteiger partial charge in [0, 0.05) is 12.6 Å². The van der Waals surface area contributed by atoms with E-state index in [-0.39, 0.29) is 29.0 Å². The lowest BCUT2D eigenvalue weighted by atomic mass is 9.78. The second-order valence-electron chi connectivity index (χ2n) is 7.85.